The number of imidazole rings is 1. The van der Waals surface area contributed by atoms with Crippen LogP contribution in [0.25, 0.3) is 0 Å². The summed E-state index contributed by atoms with van der Waals surface area (Å²) < 4.78 is 37.4. The van der Waals surface area contributed by atoms with E-state index in [9.17, 15) is 13.2 Å². The van der Waals surface area contributed by atoms with E-state index in [1.807, 2.05) is 6.92 Å². The van der Waals surface area contributed by atoms with Crippen molar-refractivity contribution in [2.24, 2.45) is 0 Å². The van der Waals surface area contributed by atoms with Crippen LogP contribution in [0.4, 0.5) is 19.1 Å². The zero-order chi connectivity index (χ0) is 11.3. The average molecular weight is 221 g/mol. The van der Waals surface area contributed by atoms with Gasteiger partial charge in [0.05, 0.1) is 6.42 Å². The Labute approximate surface area is 86.3 Å². The van der Waals surface area contributed by atoms with Gasteiger partial charge in [-0.05, 0) is 6.42 Å². The zero-order valence-electron chi connectivity index (χ0n) is 8.51. The van der Waals surface area contributed by atoms with Crippen LogP contribution >= 0.6 is 0 Å². The fourth-order valence-electron chi connectivity index (χ4n) is 1.14. The second kappa shape index (κ2) is 5.04. The third kappa shape index (κ3) is 4.22. The third-order valence-electron chi connectivity index (χ3n) is 1.88. The normalized spacial score (nSPS) is 11.7. The molecule has 0 aliphatic heterocycles. The van der Waals surface area contributed by atoms with E-state index in [-0.39, 0.29) is 6.54 Å². The van der Waals surface area contributed by atoms with E-state index in [0.717, 1.165) is 6.42 Å². The van der Waals surface area contributed by atoms with E-state index >= 15 is 0 Å². The van der Waals surface area contributed by atoms with Gasteiger partial charge in [0.2, 0.25) is 5.95 Å². The maximum Gasteiger partial charge on any atom is 0.390 e. The minimum atomic E-state index is -4.12. The number of halogens is 3. The number of anilines is 1. The molecule has 0 aliphatic rings. The van der Waals surface area contributed by atoms with E-state index in [1.165, 1.54) is 10.8 Å². The van der Waals surface area contributed by atoms with Crippen molar-refractivity contribution in [3.8, 4) is 0 Å². The third-order valence-corrected chi connectivity index (χ3v) is 1.88. The highest BCUT2D eigenvalue weighted by Crippen LogP contribution is 2.21. The molecule has 0 atom stereocenters. The summed E-state index contributed by atoms with van der Waals surface area (Å²) in [6, 6.07) is 0. The van der Waals surface area contributed by atoms with Gasteiger partial charge < -0.3 is 9.88 Å². The Morgan fingerprint density at radius 1 is 1.47 bits per heavy atom. The molecule has 1 heterocycles. The minimum Gasteiger partial charge on any atom is -0.356 e. The molecule has 86 valence electrons. The number of hydrogen-bond donors (Lipinski definition) is 1. The van der Waals surface area contributed by atoms with Crippen LogP contribution in [0.2, 0.25) is 0 Å². The molecule has 1 aromatic heterocycles. The Morgan fingerprint density at radius 2 is 2.20 bits per heavy atom. The fraction of sp³-hybridized carbons (Fsp3) is 0.667. The van der Waals surface area contributed by atoms with Crippen molar-refractivity contribution in [3.63, 3.8) is 0 Å². The van der Waals surface area contributed by atoms with Crippen LogP contribution < -0.4 is 5.32 Å². The second-order valence-corrected chi connectivity index (χ2v) is 3.24. The van der Waals surface area contributed by atoms with Crippen molar-refractivity contribution in [1.29, 1.82) is 0 Å². The number of hydrogen-bond acceptors (Lipinski definition) is 2. The molecule has 1 rings (SSSR count). The first-order valence-corrected chi connectivity index (χ1v) is 4.84. The molecule has 15 heavy (non-hydrogen) atoms. The first-order valence-electron chi connectivity index (χ1n) is 4.84. The van der Waals surface area contributed by atoms with Crippen LogP contribution in [-0.2, 0) is 6.54 Å². The highest BCUT2D eigenvalue weighted by Gasteiger charge is 2.26. The van der Waals surface area contributed by atoms with E-state index in [2.05, 4.69) is 10.3 Å². The smallest absolute Gasteiger partial charge is 0.356 e. The predicted molar refractivity (Wildman–Crippen MR) is 51.7 cm³/mol. The molecule has 6 heteroatoms. The van der Waals surface area contributed by atoms with E-state index in [4.69, 9.17) is 0 Å². The lowest BCUT2D eigenvalue weighted by molar-refractivity contribution is -0.136. The predicted octanol–water partition coefficient (Wildman–Crippen LogP) is 2.66. The number of rotatable bonds is 5. The maximum atomic E-state index is 12.0. The van der Waals surface area contributed by atoms with Gasteiger partial charge in [-0.15, -0.1) is 0 Å². The SMILES string of the molecule is CCCNc1nccn1CCC(F)(F)F. The molecule has 0 aromatic carbocycles. The summed E-state index contributed by atoms with van der Waals surface area (Å²) in [6.07, 6.45) is -0.999. The molecular weight excluding hydrogens is 207 g/mol. The first-order chi connectivity index (χ1) is 7.03. The van der Waals surface area contributed by atoms with Gasteiger partial charge in [0.25, 0.3) is 0 Å². The van der Waals surface area contributed by atoms with Gasteiger partial charge in [-0.3, -0.25) is 0 Å². The summed E-state index contributed by atoms with van der Waals surface area (Å²) in [7, 11) is 0. The number of aromatic nitrogens is 2. The first kappa shape index (κ1) is 11.9. The second-order valence-electron chi connectivity index (χ2n) is 3.24. The average Bonchev–Trinajstić information content (AvgIpc) is 2.57. The van der Waals surface area contributed by atoms with Crippen LogP contribution in [0.3, 0.4) is 0 Å². The zero-order valence-corrected chi connectivity index (χ0v) is 8.51. The van der Waals surface area contributed by atoms with Crippen molar-refractivity contribution in [3.05, 3.63) is 12.4 Å². The molecule has 0 unspecified atom stereocenters. The molecule has 1 N–H and O–H groups in total. The van der Waals surface area contributed by atoms with Crippen molar-refractivity contribution in [1.82, 2.24) is 9.55 Å². The number of aryl methyl sites for hydroxylation is 1. The van der Waals surface area contributed by atoms with Crippen LogP contribution in [0.1, 0.15) is 19.8 Å². The van der Waals surface area contributed by atoms with Crippen molar-refractivity contribution in [2.45, 2.75) is 32.5 Å². The van der Waals surface area contributed by atoms with Crippen molar-refractivity contribution >= 4 is 5.95 Å². The van der Waals surface area contributed by atoms with E-state index in [1.54, 1.807) is 6.20 Å². The standard InChI is InChI=1S/C9H14F3N3/c1-2-4-13-8-14-5-7-15(8)6-3-9(10,11)12/h5,7H,2-4,6H2,1H3,(H,13,14). The summed E-state index contributed by atoms with van der Waals surface area (Å²) in [5.74, 6) is 0.501. The van der Waals surface area contributed by atoms with Crippen LogP contribution in [0.5, 0.6) is 0 Å². The molecule has 0 radical (unpaired) electrons. The number of nitrogens with one attached hydrogen (secondary N) is 1. The van der Waals surface area contributed by atoms with Crippen molar-refractivity contribution in [2.75, 3.05) is 11.9 Å². The van der Waals surface area contributed by atoms with Gasteiger partial charge in [-0.2, -0.15) is 13.2 Å². The van der Waals surface area contributed by atoms with Crippen molar-refractivity contribution < 1.29 is 13.2 Å². The van der Waals surface area contributed by atoms with E-state index < -0.39 is 12.6 Å². The minimum absolute atomic E-state index is 0.0878. The summed E-state index contributed by atoms with van der Waals surface area (Å²) in [5, 5.41) is 2.96. The lowest BCUT2D eigenvalue weighted by Gasteiger charge is -2.10. The van der Waals surface area contributed by atoms with Gasteiger partial charge in [0.15, 0.2) is 0 Å². The molecule has 0 amide bonds. The Hall–Kier alpha value is -1.20. The maximum absolute atomic E-state index is 12.0. The summed E-state index contributed by atoms with van der Waals surface area (Å²) in [4.78, 5) is 3.94. The molecule has 0 bridgehead atoms. The largest absolute Gasteiger partial charge is 0.390 e. The summed E-state index contributed by atoms with van der Waals surface area (Å²) in [5.41, 5.74) is 0. The number of nitrogens with zero attached hydrogens (tertiary/aromatic N) is 2. The van der Waals surface area contributed by atoms with E-state index in [0.29, 0.717) is 12.5 Å². The molecule has 3 nitrogen and oxygen atoms in total. The molecule has 0 aliphatic carbocycles. The molecule has 0 spiro atoms. The monoisotopic (exact) mass is 221 g/mol. The highest BCUT2D eigenvalue weighted by atomic mass is 19.4. The van der Waals surface area contributed by atoms with Crippen LogP contribution in [-0.4, -0.2) is 22.3 Å². The molecular formula is C9H14F3N3. The van der Waals surface area contributed by atoms with Gasteiger partial charge in [-0.1, -0.05) is 6.92 Å². The lowest BCUT2D eigenvalue weighted by Crippen LogP contribution is -2.14. The Bertz CT molecular complexity index is 293. The lowest BCUT2D eigenvalue weighted by atomic mass is 10.4. The topological polar surface area (TPSA) is 29.9 Å². The highest BCUT2D eigenvalue weighted by molar-refractivity contribution is 5.25. The van der Waals surface area contributed by atoms with Gasteiger partial charge in [0.1, 0.15) is 0 Å². The molecule has 0 saturated carbocycles. The summed E-state index contributed by atoms with van der Waals surface area (Å²) in [6.45, 7) is 2.61. The molecule has 0 fully saturated rings. The quantitative estimate of drug-likeness (QED) is 0.828. The van der Waals surface area contributed by atoms with Gasteiger partial charge >= 0.3 is 6.18 Å². The van der Waals surface area contributed by atoms with Gasteiger partial charge in [0, 0.05) is 25.5 Å². The fourth-order valence-corrected chi connectivity index (χ4v) is 1.14. The molecule has 1 aromatic rings. The van der Waals surface area contributed by atoms with Crippen LogP contribution in [0.15, 0.2) is 12.4 Å². The van der Waals surface area contributed by atoms with Crippen LogP contribution in [0, 0.1) is 0 Å². The Morgan fingerprint density at radius 3 is 2.80 bits per heavy atom. The Balaban J connectivity index is 2.50. The summed E-state index contributed by atoms with van der Waals surface area (Å²) >= 11 is 0. The molecule has 0 saturated heterocycles. The number of alkyl halides is 3. The Kier molecular flexibility index (Phi) is 3.99. The van der Waals surface area contributed by atoms with Gasteiger partial charge in [-0.25, -0.2) is 4.98 Å².